The zero-order valence-corrected chi connectivity index (χ0v) is 14.8. The summed E-state index contributed by atoms with van der Waals surface area (Å²) in [7, 11) is -2.90. The minimum atomic E-state index is -2.90. The van der Waals surface area contributed by atoms with E-state index in [0.717, 1.165) is 18.5 Å². The molecule has 0 bridgehead atoms. The predicted molar refractivity (Wildman–Crippen MR) is 92.0 cm³/mol. The normalized spacial score (nSPS) is 17.8. The molecule has 1 aromatic carbocycles. The van der Waals surface area contributed by atoms with Crippen LogP contribution in [0.5, 0.6) is 0 Å². The van der Waals surface area contributed by atoms with E-state index < -0.39 is 9.84 Å². The number of rotatable bonds is 6. The van der Waals surface area contributed by atoms with Crippen molar-refractivity contribution in [2.24, 2.45) is 0 Å². The van der Waals surface area contributed by atoms with Gasteiger partial charge in [-0.05, 0) is 18.9 Å². The third-order valence-electron chi connectivity index (χ3n) is 4.14. The Labute approximate surface area is 139 Å². The summed E-state index contributed by atoms with van der Waals surface area (Å²) >= 11 is 0. The van der Waals surface area contributed by atoms with Crippen LogP contribution < -0.4 is 0 Å². The first-order valence-corrected chi connectivity index (χ1v) is 9.98. The number of amides is 1. The molecule has 1 aliphatic heterocycles. The molecule has 1 amide bonds. The fraction of sp³-hybridized carbons (Fsp3) is 0.588. The molecule has 23 heavy (non-hydrogen) atoms. The molecule has 6 heteroatoms. The first-order chi connectivity index (χ1) is 10.9. The average Bonchev–Trinajstić information content (AvgIpc) is 2.51. The Hall–Kier alpha value is -1.40. The SMILES string of the molecule is CCCN(Cc1ccc(C)cc1)C(=O)CN1CCS(=O)(=O)CC1. The lowest BCUT2D eigenvalue weighted by atomic mass is 10.1. The van der Waals surface area contributed by atoms with E-state index in [-0.39, 0.29) is 17.4 Å². The van der Waals surface area contributed by atoms with E-state index >= 15 is 0 Å². The van der Waals surface area contributed by atoms with Crippen molar-refractivity contribution in [2.45, 2.75) is 26.8 Å². The topological polar surface area (TPSA) is 57.7 Å². The van der Waals surface area contributed by atoms with Crippen LogP contribution in [0.25, 0.3) is 0 Å². The lowest BCUT2D eigenvalue weighted by Crippen LogP contribution is -2.46. The van der Waals surface area contributed by atoms with E-state index in [1.165, 1.54) is 5.56 Å². The summed E-state index contributed by atoms with van der Waals surface area (Å²) in [4.78, 5) is 16.4. The molecule has 1 heterocycles. The van der Waals surface area contributed by atoms with Crippen molar-refractivity contribution < 1.29 is 13.2 Å². The van der Waals surface area contributed by atoms with E-state index in [9.17, 15) is 13.2 Å². The molecule has 0 N–H and O–H groups in total. The summed E-state index contributed by atoms with van der Waals surface area (Å²) in [5, 5.41) is 0. The van der Waals surface area contributed by atoms with Gasteiger partial charge in [0.2, 0.25) is 5.91 Å². The van der Waals surface area contributed by atoms with Gasteiger partial charge in [-0.2, -0.15) is 0 Å². The lowest BCUT2D eigenvalue weighted by molar-refractivity contribution is -0.133. The Kier molecular flexibility index (Phi) is 6.18. The maximum atomic E-state index is 12.6. The Balaban J connectivity index is 1.94. The van der Waals surface area contributed by atoms with Gasteiger partial charge in [0.1, 0.15) is 0 Å². The minimum Gasteiger partial charge on any atom is -0.337 e. The molecule has 0 saturated carbocycles. The summed E-state index contributed by atoms with van der Waals surface area (Å²) < 4.78 is 22.9. The number of hydrogen-bond acceptors (Lipinski definition) is 4. The van der Waals surface area contributed by atoms with E-state index in [1.54, 1.807) is 0 Å². The van der Waals surface area contributed by atoms with Crippen molar-refractivity contribution in [2.75, 3.05) is 37.7 Å². The van der Waals surface area contributed by atoms with Crippen LogP contribution in [0.4, 0.5) is 0 Å². The number of carbonyl (C=O) groups is 1. The summed E-state index contributed by atoms with van der Waals surface area (Å²) in [6.07, 6.45) is 0.909. The van der Waals surface area contributed by atoms with Crippen LogP contribution >= 0.6 is 0 Å². The highest BCUT2D eigenvalue weighted by Crippen LogP contribution is 2.10. The van der Waals surface area contributed by atoms with E-state index in [2.05, 4.69) is 31.2 Å². The van der Waals surface area contributed by atoms with Gasteiger partial charge in [0.25, 0.3) is 0 Å². The maximum absolute atomic E-state index is 12.6. The third kappa shape index (κ3) is 5.62. The molecule has 0 spiro atoms. The molecule has 128 valence electrons. The zero-order valence-electron chi connectivity index (χ0n) is 14.0. The molecule has 1 saturated heterocycles. The lowest BCUT2D eigenvalue weighted by Gasteiger charge is -2.29. The van der Waals surface area contributed by atoms with Gasteiger partial charge in [0, 0.05) is 26.2 Å². The number of sulfone groups is 1. The van der Waals surface area contributed by atoms with Gasteiger partial charge in [-0.3, -0.25) is 9.69 Å². The van der Waals surface area contributed by atoms with Crippen LogP contribution in [0.2, 0.25) is 0 Å². The molecular formula is C17H26N2O3S. The molecule has 0 aromatic heterocycles. The van der Waals surface area contributed by atoms with Crippen molar-refractivity contribution in [3.8, 4) is 0 Å². The van der Waals surface area contributed by atoms with Gasteiger partial charge in [0.05, 0.1) is 18.1 Å². The van der Waals surface area contributed by atoms with Gasteiger partial charge in [0.15, 0.2) is 9.84 Å². The number of hydrogen-bond donors (Lipinski definition) is 0. The van der Waals surface area contributed by atoms with Crippen LogP contribution in [0, 0.1) is 6.92 Å². The second-order valence-electron chi connectivity index (χ2n) is 6.23. The molecule has 0 radical (unpaired) electrons. The fourth-order valence-corrected chi connectivity index (χ4v) is 3.95. The minimum absolute atomic E-state index is 0.0757. The number of aryl methyl sites for hydroxylation is 1. The van der Waals surface area contributed by atoms with Gasteiger partial charge >= 0.3 is 0 Å². The van der Waals surface area contributed by atoms with Crippen LogP contribution in [0.1, 0.15) is 24.5 Å². The van der Waals surface area contributed by atoms with Crippen molar-refractivity contribution in [3.05, 3.63) is 35.4 Å². The molecule has 0 atom stereocenters. The second kappa shape index (κ2) is 7.93. The van der Waals surface area contributed by atoms with Crippen LogP contribution in [0.15, 0.2) is 24.3 Å². The molecule has 0 unspecified atom stereocenters. The molecule has 1 fully saturated rings. The van der Waals surface area contributed by atoms with Crippen LogP contribution in [-0.2, 0) is 21.2 Å². The quantitative estimate of drug-likeness (QED) is 0.788. The van der Waals surface area contributed by atoms with Crippen LogP contribution in [-0.4, -0.2) is 61.8 Å². The zero-order chi connectivity index (χ0) is 16.9. The molecule has 0 aliphatic carbocycles. The van der Waals surface area contributed by atoms with E-state index in [4.69, 9.17) is 0 Å². The average molecular weight is 338 g/mol. The first-order valence-electron chi connectivity index (χ1n) is 8.16. The highest BCUT2D eigenvalue weighted by molar-refractivity contribution is 7.91. The van der Waals surface area contributed by atoms with Crippen molar-refractivity contribution in [1.82, 2.24) is 9.80 Å². The third-order valence-corrected chi connectivity index (χ3v) is 5.75. The smallest absolute Gasteiger partial charge is 0.237 e. The highest BCUT2D eigenvalue weighted by atomic mass is 32.2. The second-order valence-corrected chi connectivity index (χ2v) is 8.53. The summed E-state index contributed by atoms with van der Waals surface area (Å²) in [5.74, 6) is 0.393. The van der Waals surface area contributed by atoms with E-state index in [1.807, 2.05) is 16.7 Å². The summed E-state index contributed by atoms with van der Waals surface area (Å²) in [5.41, 5.74) is 2.33. The van der Waals surface area contributed by atoms with Crippen molar-refractivity contribution >= 4 is 15.7 Å². The Morgan fingerprint density at radius 3 is 2.35 bits per heavy atom. The summed E-state index contributed by atoms with van der Waals surface area (Å²) in [6.45, 7) is 6.66. The van der Waals surface area contributed by atoms with Gasteiger partial charge in [-0.25, -0.2) is 8.42 Å². The Bertz CT molecular complexity index is 612. The van der Waals surface area contributed by atoms with Crippen molar-refractivity contribution in [1.29, 1.82) is 0 Å². The number of carbonyl (C=O) groups excluding carboxylic acids is 1. The Morgan fingerprint density at radius 2 is 1.78 bits per heavy atom. The Morgan fingerprint density at radius 1 is 1.17 bits per heavy atom. The van der Waals surface area contributed by atoms with Gasteiger partial charge in [-0.15, -0.1) is 0 Å². The highest BCUT2D eigenvalue weighted by Gasteiger charge is 2.24. The molecule has 1 aromatic rings. The van der Waals surface area contributed by atoms with Gasteiger partial charge in [-0.1, -0.05) is 36.8 Å². The standard InChI is InChI=1S/C17H26N2O3S/c1-3-8-19(13-16-6-4-15(2)5-7-16)17(20)14-18-9-11-23(21,22)12-10-18/h4-7H,3,8-14H2,1-2H3. The monoisotopic (exact) mass is 338 g/mol. The molecular weight excluding hydrogens is 312 g/mol. The molecule has 2 rings (SSSR count). The van der Waals surface area contributed by atoms with E-state index in [0.29, 0.717) is 26.2 Å². The predicted octanol–water partition coefficient (Wildman–Crippen LogP) is 1.46. The number of nitrogens with zero attached hydrogens (tertiary/aromatic N) is 2. The molecule has 1 aliphatic rings. The number of benzene rings is 1. The summed E-state index contributed by atoms with van der Waals surface area (Å²) in [6, 6.07) is 8.22. The van der Waals surface area contributed by atoms with Crippen molar-refractivity contribution in [3.63, 3.8) is 0 Å². The molecule has 5 nitrogen and oxygen atoms in total. The van der Waals surface area contributed by atoms with Crippen LogP contribution in [0.3, 0.4) is 0 Å². The fourth-order valence-electron chi connectivity index (χ4n) is 2.68. The van der Waals surface area contributed by atoms with Gasteiger partial charge < -0.3 is 4.90 Å². The first kappa shape index (κ1) is 17.9. The maximum Gasteiger partial charge on any atom is 0.237 e. The largest absolute Gasteiger partial charge is 0.337 e.